The second-order valence-corrected chi connectivity index (χ2v) is 7.97. The summed E-state index contributed by atoms with van der Waals surface area (Å²) < 4.78 is 2.02. The lowest BCUT2D eigenvalue weighted by molar-refractivity contribution is -0.120. The van der Waals surface area contributed by atoms with E-state index in [-0.39, 0.29) is 11.2 Å². The van der Waals surface area contributed by atoms with E-state index in [1.807, 2.05) is 62.4 Å². The molecule has 0 saturated heterocycles. The van der Waals surface area contributed by atoms with Crippen molar-refractivity contribution in [2.75, 3.05) is 0 Å². The van der Waals surface area contributed by atoms with Gasteiger partial charge in [-0.1, -0.05) is 53.7 Å². The van der Waals surface area contributed by atoms with Crippen molar-refractivity contribution in [2.24, 2.45) is 5.10 Å². The summed E-state index contributed by atoms with van der Waals surface area (Å²) in [7, 11) is 0. The highest BCUT2D eigenvalue weighted by atomic mass is 32.2. The molecule has 122 valence electrons. The highest BCUT2D eigenvalue weighted by Gasteiger charge is 2.16. The summed E-state index contributed by atoms with van der Waals surface area (Å²) in [5.41, 5.74) is 5.70. The molecule has 3 rings (SSSR count). The van der Waals surface area contributed by atoms with Gasteiger partial charge in [0.2, 0.25) is 0 Å². The fourth-order valence-corrected chi connectivity index (χ4v) is 4.23. The van der Waals surface area contributed by atoms with Crippen molar-refractivity contribution in [3.05, 3.63) is 59.7 Å². The molecule has 2 aromatic carbocycles. The van der Waals surface area contributed by atoms with Gasteiger partial charge in [0.05, 0.1) is 21.7 Å². The molecule has 1 amide bonds. The molecule has 4 nitrogen and oxygen atoms in total. The number of aromatic nitrogens is 1. The zero-order valence-corrected chi connectivity index (χ0v) is 15.0. The number of hydrazone groups is 1. The van der Waals surface area contributed by atoms with Gasteiger partial charge in [-0.3, -0.25) is 4.79 Å². The van der Waals surface area contributed by atoms with Crippen LogP contribution in [-0.2, 0) is 4.79 Å². The minimum absolute atomic E-state index is 0.136. The Morgan fingerprint density at radius 2 is 2.00 bits per heavy atom. The summed E-state index contributed by atoms with van der Waals surface area (Å²) in [5, 5.41) is 3.76. The Bertz CT molecular complexity index is 838. The number of amides is 1. The third-order valence-electron chi connectivity index (χ3n) is 3.39. The van der Waals surface area contributed by atoms with Gasteiger partial charge in [0.1, 0.15) is 0 Å². The second kappa shape index (κ2) is 7.59. The van der Waals surface area contributed by atoms with Gasteiger partial charge in [0.15, 0.2) is 4.34 Å². The molecule has 0 radical (unpaired) electrons. The van der Waals surface area contributed by atoms with Gasteiger partial charge in [-0.15, -0.1) is 11.3 Å². The summed E-state index contributed by atoms with van der Waals surface area (Å²) in [6.45, 7) is 3.89. The first-order valence-corrected chi connectivity index (χ1v) is 9.23. The monoisotopic (exact) mass is 355 g/mol. The molecule has 0 fully saturated rings. The summed E-state index contributed by atoms with van der Waals surface area (Å²) in [5.74, 6) is -0.136. The summed E-state index contributed by atoms with van der Waals surface area (Å²) in [6.07, 6.45) is 1.65. The van der Waals surface area contributed by atoms with Gasteiger partial charge in [-0.25, -0.2) is 10.4 Å². The van der Waals surface area contributed by atoms with E-state index in [4.69, 9.17) is 0 Å². The van der Waals surface area contributed by atoms with E-state index in [1.54, 1.807) is 17.6 Å². The van der Waals surface area contributed by atoms with Crippen molar-refractivity contribution >= 4 is 45.4 Å². The number of carbonyl (C=O) groups is 1. The highest BCUT2D eigenvalue weighted by molar-refractivity contribution is 8.02. The van der Waals surface area contributed by atoms with Gasteiger partial charge < -0.3 is 0 Å². The molecular formula is C18H17N3OS2. The van der Waals surface area contributed by atoms with Crippen LogP contribution in [0.5, 0.6) is 0 Å². The molecule has 1 heterocycles. The van der Waals surface area contributed by atoms with Crippen LogP contribution in [0.15, 0.2) is 58.0 Å². The summed E-state index contributed by atoms with van der Waals surface area (Å²) in [4.78, 5) is 16.7. The number of rotatable bonds is 5. The van der Waals surface area contributed by atoms with E-state index in [9.17, 15) is 4.79 Å². The smallest absolute Gasteiger partial charge is 0.253 e. The number of nitrogens with one attached hydrogen (secondary N) is 1. The summed E-state index contributed by atoms with van der Waals surface area (Å²) in [6, 6.07) is 15.9. The Morgan fingerprint density at radius 1 is 1.25 bits per heavy atom. The number of para-hydroxylation sites is 1. The second-order valence-electron chi connectivity index (χ2n) is 5.35. The van der Waals surface area contributed by atoms with Crippen LogP contribution >= 0.6 is 23.1 Å². The molecule has 0 bridgehead atoms. The van der Waals surface area contributed by atoms with E-state index in [2.05, 4.69) is 15.5 Å². The number of nitrogens with zero attached hydrogens (tertiary/aromatic N) is 2. The number of benzene rings is 2. The standard InChI is InChI=1S/C18H17N3OS2/c1-12-7-9-14(10-8-12)11-19-21-17(22)13(2)23-18-20-15-5-3-4-6-16(15)24-18/h3-11,13H,1-2H3,(H,21,22). The average molecular weight is 355 g/mol. The topological polar surface area (TPSA) is 54.4 Å². The van der Waals surface area contributed by atoms with Crippen LogP contribution in [0, 0.1) is 6.92 Å². The third-order valence-corrected chi connectivity index (χ3v) is 5.62. The number of hydrogen-bond acceptors (Lipinski definition) is 5. The maximum Gasteiger partial charge on any atom is 0.253 e. The minimum atomic E-state index is -0.263. The van der Waals surface area contributed by atoms with Gasteiger partial charge >= 0.3 is 0 Å². The number of fused-ring (bicyclic) bond motifs is 1. The molecule has 24 heavy (non-hydrogen) atoms. The number of hydrogen-bond donors (Lipinski definition) is 1. The van der Waals surface area contributed by atoms with Crippen molar-refractivity contribution in [3.63, 3.8) is 0 Å². The SMILES string of the molecule is Cc1ccc(C=NNC(=O)C(C)Sc2nc3ccccc3s2)cc1. The Morgan fingerprint density at radius 3 is 2.75 bits per heavy atom. The first-order chi connectivity index (χ1) is 11.6. The minimum Gasteiger partial charge on any atom is -0.272 e. The van der Waals surface area contributed by atoms with E-state index in [1.165, 1.54) is 17.3 Å². The van der Waals surface area contributed by atoms with Gasteiger partial charge in [0, 0.05) is 0 Å². The number of thioether (sulfide) groups is 1. The van der Waals surface area contributed by atoms with Crippen molar-refractivity contribution in [1.29, 1.82) is 0 Å². The Labute approximate surface area is 149 Å². The number of aryl methyl sites for hydroxylation is 1. The molecule has 6 heteroatoms. The largest absolute Gasteiger partial charge is 0.272 e. The van der Waals surface area contributed by atoms with Crippen LogP contribution in [0.3, 0.4) is 0 Å². The highest BCUT2D eigenvalue weighted by Crippen LogP contribution is 2.31. The van der Waals surface area contributed by atoms with E-state index < -0.39 is 0 Å². The molecule has 1 N–H and O–H groups in total. The van der Waals surface area contributed by atoms with Crippen molar-refractivity contribution in [2.45, 2.75) is 23.4 Å². The lowest BCUT2D eigenvalue weighted by atomic mass is 10.2. The van der Waals surface area contributed by atoms with Crippen LogP contribution < -0.4 is 5.43 Å². The third kappa shape index (κ3) is 4.21. The van der Waals surface area contributed by atoms with Crippen LogP contribution in [0.4, 0.5) is 0 Å². The molecule has 0 saturated carbocycles. The van der Waals surface area contributed by atoms with E-state index in [0.29, 0.717) is 0 Å². The maximum atomic E-state index is 12.1. The van der Waals surface area contributed by atoms with Gasteiger partial charge in [-0.05, 0) is 31.5 Å². The van der Waals surface area contributed by atoms with E-state index >= 15 is 0 Å². The lowest BCUT2D eigenvalue weighted by Gasteiger charge is -2.06. The van der Waals surface area contributed by atoms with Gasteiger partial charge in [-0.2, -0.15) is 5.10 Å². The molecule has 0 spiro atoms. The van der Waals surface area contributed by atoms with Crippen LogP contribution in [0.1, 0.15) is 18.1 Å². The first kappa shape index (κ1) is 16.7. The van der Waals surface area contributed by atoms with Crippen LogP contribution in [0.25, 0.3) is 10.2 Å². The summed E-state index contributed by atoms with van der Waals surface area (Å²) >= 11 is 3.05. The molecule has 0 aliphatic heterocycles. The fraction of sp³-hybridized carbons (Fsp3) is 0.167. The molecular weight excluding hydrogens is 338 g/mol. The maximum absolute atomic E-state index is 12.1. The molecule has 0 aliphatic rings. The molecule has 1 unspecified atom stereocenters. The van der Waals surface area contributed by atoms with Gasteiger partial charge in [0.25, 0.3) is 5.91 Å². The first-order valence-electron chi connectivity index (χ1n) is 7.53. The van der Waals surface area contributed by atoms with Crippen molar-refractivity contribution < 1.29 is 4.79 Å². The fourth-order valence-electron chi connectivity index (χ4n) is 2.02. The molecule has 3 aromatic rings. The van der Waals surface area contributed by atoms with E-state index in [0.717, 1.165) is 20.1 Å². The predicted octanol–water partition coefficient (Wildman–Crippen LogP) is 4.24. The Hall–Kier alpha value is -2.18. The molecule has 1 atom stereocenters. The zero-order chi connectivity index (χ0) is 16.9. The van der Waals surface area contributed by atoms with Crippen molar-refractivity contribution in [1.82, 2.24) is 10.4 Å². The quantitative estimate of drug-likeness (QED) is 0.423. The lowest BCUT2D eigenvalue weighted by Crippen LogP contribution is -2.26. The normalized spacial score (nSPS) is 12.6. The number of carbonyl (C=O) groups excluding carboxylic acids is 1. The number of thiazole rings is 1. The zero-order valence-electron chi connectivity index (χ0n) is 13.4. The Kier molecular flexibility index (Phi) is 5.27. The molecule has 1 aromatic heterocycles. The van der Waals surface area contributed by atoms with Crippen molar-refractivity contribution in [3.8, 4) is 0 Å². The van der Waals surface area contributed by atoms with Crippen LogP contribution in [-0.4, -0.2) is 22.4 Å². The predicted molar refractivity (Wildman–Crippen MR) is 102 cm³/mol. The Balaban J connectivity index is 1.57. The average Bonchev–Trinajstić information content (AvgIpc) is 2.98. The molecule has 0 aliphatic carbocycles. The van der Waals surface area contributed by atoms with Crippen LogP contribution in [0.2, 0.25) is 0 Å².